The smallest absolute Gasteiger partial charge is 0.306 e. The molecule has 0 rings (SSSR count). The number of carbonyl (C=O) groups excluding carboxylic acids is 3. The van der Waals surface area contributed by atoms with E-state index < -0.39 is 6.10 Å². The van der Waals surface area contributed by atoms with Crippen LogP contribution in [0.5, 0.6) is 0 Å². The number of hydrogen-bond acceptors (Lipinski definition) is 6. The fourth-order valence-electron chi connectivity index (χ4n) is 8.61. The van der Waals surface area contributed by atoms with Crippen LogP contribution in [-0.2, 0) is 28.6 Å². The van der Waals surface area contributed by atoms with Gasteiger partial charge in [0.05, 0.1) is 0 Å². The molecule has 0 heterocycles. The molecule has 6 heteroatoms. The summed E-state index contributed by atoms with van der Waals surface area (Å²) in [6.45, 7) is 13.8. The van der Waals surface area contributed by atoms with Crippen LogP contribution in [0.3, 0.4) is 0 Å². The van der Waals surface area contributed by atoms with Gasteiger partial charge in [-0.05, 0) is 37.0 Å². The lowest BCUT2D eigenvalue weighted by Crippen LogP contribution is -2.30. The molecule has 1 unspecified atom stereocenters. The molecule has 0 aliphatic rings. The van der Waals surface area contributed by atoms with E-state index in [1.54, 1.807) is 0 Å². The number of rotatable bonds is 50. The summed E-state index contributed by atoms with van der Waals surface area (Å²) in [5.74, 6) is 1.68. The Labute approximate surface area is 393 Å². The van der Waals surface area contributed by atoms with E-state index in [1.807, 2.05) is 0 Å². The van der Waals surface area contributed by atoms with Gasteiger partial charge in [0.2, 0.25) is 0 Å². The normalized spacial score (nSPS) is 12.6. The Morgan fingerprint density at radius 3 is 0.825 bits per heavy atom. The van der Waals surface area contributed by atoms with Crippen LogP contribution in [0.15, 0.2) is 0 Å². The molecular weight excluding hydrogens is 781 g/mol. The summed E-state index contributed by atoms with van der Waals surface area (Å²) in [6.07, 6.45) is 49.4. The van der Waals surface area contributed by atoms with E-state index >= 15 is 0 Å². The van der Waals surface area contributed by atoms with Crippen LogP contribution in [0, 0.1) is 17.8 Å². The van der Waals surface area contributed by atoms with Crippen LogP contribution >= 0.6 is 0 Å². The molecule has 0 N–H and O–H groups in total. The molecule has 0 saturated heterocycles. The lowest BCUT2D eigenvalue weighted by Gasteiger charge is -2.18. The van der Waals surface area contributed by atoms with Crippen molar-refractivity contribution >= 4 is 17.9 Å². The largest absolute Gasteiger partial charge is 0.462 e. The number of carbonyl (C=O) groups is 3. The summed E-state index contributed by atoms with van der Waals surface area (Å²) in [7, 11) is 0. The van der Waals surface area contributed by atoms with Gasteiger partial charge in [-0.25, -0.2) is 0 Å². The maximum atomic E-state index is 12.8. The minimum Gasteiger partial charge on any atom is -0.462 e. The average molecular weight is 892 g/mol. The summed E-state index contributed by atoms with van der Waals surface area (Å²) in [4.78, 5) is 38.1. The molecule has 374 valence electrons. The average Bonchev–Trinajstić information content (AvgIpc) is 3.25. The van der Waals surface area contributed by atoms with Gasteiger partial charge in [0.25, 0.3) is 0 Å². The van der Waals surface area contributed by atoms with Gasteiger partial charge < -0.3 is 14.2 Å². The van der Waals surface area contributed by atoms with Gasteiger partial charge in [-0.15, -0.1) is 0 Å². The van der Waals surface area contributed by atoms with E-state index in [2.05, 4.69) is 41.5 Å². The molecule has 0 bridgehead atoms. The van der Waals surface area contributed by atoms with Gasteiger partial charge in [0.1, 0.15) is 13.2 Å². The topological polar surface area (TPSA) is 78.9 Å². The zero-order chi connectivity index (χ0) is 46.3. The third-order valence-corrected chi connectivity index (χ3v) is 13.3. The second kappa shape index (κ2) is 48.3. The van der Waals surface area contributed by atoms with Crippen LogP contribution in [0.2, 0.25) is 0 Å². The first-order valence-electron chi connectivity index (χ1n) is 28.1. The van der Waals surface area contributed by atoms with E-state index in [-0.39, 0.29) is 31.1 Å². The number of esters is 3. The van der Waals surface area contributed by atoms with Gasteiger partial charge in [-0.3, -0.25) is 14.4 Å². The standard InChI is InChI=1S/C57H110O6/c1-7-53(6)45-39-33-27-23-24-29-35-41-47-56(59)62-50-54(63-57(60)48-42-36-30-22-18-14-13-16-20-26-32-38-44-52(4)5)49-61-55(58)46-40-34-28-21-17-12-10-8-9-11-15-19-25-31-37-43-51(2)3/h51-54H,7-50H2,1-6H3/t53?,54-/m0/s1. The van der Waals surface area contributed by atoms with E-state index in [0.29, 0.717) is 19.3 Å². The third-order valence-electron chi connectivity index (χ3n) is 13.3. The van der Waals surface area contributed by atoms with Gasteiger partial charge in [0, 0.05) is 19.3 Å². The molecular formula is C57H110O6. The Hall–Kier alpha value is -1.59. The Morgan fingerprint density at radius 2 is 0.556 bits per heavy atom. The predicted molar refractivity (Wildman–Crippen MR) is 270 cm³/mol. The van der Waals surface area contributed by atoms with Crippen LogP contribution in [0.4, 0.5) is 0 Å². The first kappa shape index (κ1) is 61.4. The van der Waals surface area contributed by atoms with Crippen molar-refractivity contribution in [3.63, 3.8) is 0 Å². The maximum Gasteiger partial charge on any atom is 0.306 e. The predicted octanol–water partition coefficient (Wildman–Crippen LogP) is 18.3. The number of hydrogen-bond donors (Lipinski definition) is 0. The van der Waals surface area contributed by atoms with Crippen molar-refractivity contribution in [1.82, 2.24) is 0 Å². The molecule has 63 heavy (non-hydrogen) atoms. The molecule has 2 atom stereocenters. The molecule has 0 aliphatic heterocycles. The molecule has 0 aliphatic carbocycles. The van der Waals surface area contributed by atoms with Crippen LogP contribution < -0.4 is 0 Å². The van der Waals surface area contributed by atoms with E-state index in [4.69, 9.17) is 14.2 Å². The highest BCUT2D eigenvalue weighted by atomic mass is 16.6. The number of ether oxygens (including phenoxy) is 3. The van der Waals surface area contributed by atoms with Crippen molar-refractivity contribution in [3.05, 3.63) is 0 Å². The summed E-state index contributed by atoms with van der Waals surface area (Å²) in [5.41, 5.74) is 0. The minimum absolute atomic E-state index is 0.0640. The van der Waals surface area contributed by atoms with Crippen molar-refractivity contribution in [2.45, 2.75) is 317 Å². The van der Waals surface area contributed by atoms with Crippen molar-refractivity contribution in [2.24, 2.45) is 17.8 Å². The van der Waals surface area contributed by atoms with Crippen LogP contribution in [0.1, 0.15) is 311 Å². The van der Waals surface area contributed by atoms with Gasteiger partial charge >= 0.3 is 17.9 Å². The highest BCUT2D eigenvalue weighted by Gasteiger charge is 2.19. The fraction of sp³-hybridized carbons (Fsp3) is 0.947. The minimum atomic E-state index is -0.763. The van der Waals surface area contributed by atoms with Crippen molar-refractivity contribution in [1.29, 1.82) is 0 Å². The lowest BCUT2D eigenvalue weighted by atomic mass is 9.99. The van der Waals surface area contributed by atoms with Crippen molar-refractivity contribution in [3.8, 4) is 0 Å². The maximum absolute atomic E-state index is 12.8. The SMILES string of the molecule is CCC(C)CCCCCCCCCCC(=O)OC[C@H](COC(=O)CCCCCCCCCCCCCCCCCC(C)C)OC(=O)CCCCCCCCCCCCCCC(C)C. The Bertz CT molecular complexity index is 978. The first-order chi connectivity index (χ1) is 30.6. The van der Waals surface area contributed by atoms with E-state index in [1.165, 1.54) is 193 Å². The van der Waals surface area contributed by atoms with Crippen molar-refractivity contribution in [2.75, 3.05) is 13.2 Å². The second-order valence-electron chi connectivity index (χ2n) is 20.8. The Morgan fingerprint density at radius 1 is 0.317 bits per heavy atom. The second-order valence-corrected chi connectivity index (χ2v) is 20.8. The van der Waals surface area contributed by atoms with Gasteiger partial charge in [0.15, 0.2) is 6.10 Å². The molecule has 6 nitrogen and oxygen atoms in total. The van der Waals surface area contributed by atoms with E-state index in [0.717, 1.165) is 75.5 Å². The molecule has 0 aromatic heterocycles. The summed E-state index contributed by atoms with van der Waals surface area (Å²) in [6, 6.07) is 0. The molecule has 0 aromatic carbocycles. The van der Waals surface area contributed by atoms with Crippen LogP contribution in [-0.4, -0.2) is 37.2 Å². The highest BCUT2D eigenvalue weighted by molar-refractivity contribution is 5.71. The molecule has 0 saturated carbocycles. The van der Waals surface area contributed by atoms with E-state index in [9.17, 15) is 14.4 Å². The zero-order valence-electron chi connectivity index (χ0n) is 43.4. The lowest BCUT2D eigenvalue weighted by molar-refractivity contribution is -0.167. The Balaban J connectivity index is 4.29. The Kier molecular flexibility index (Phi) is 47.1. The van der Waals surface area contributed by atoms with Crippen molar-refractivity contribution < 1.29 is 28.6 Å². The fourth-order valence-corrected chi connectivity index (χ4v) is 8.61. The summed E-state index contributed by atoms with van der Waals surface area (Å²) < 4.78 is 16.9. The highest BCUT2D eigenvalue weighted by Crippen LogP contribution is 2.18. The van der Waals surface area contributed by atoms with Crippen LogP contribution in [0.25, 0.3) is 0 Å². The summed E-state index contributed by atoms with van der Waals surface area (Å²) in [5, 5.41) is 0. The molecule has 0 spiro atoms. The van der Waals surface area contributed by atoms with Gasteiger partial charge in [-0.2, -0.15) is 0 Å². The molecule has 0 radical (unpaired) electrons. The first-order valence-corrected chi connectivity index (χ1v) is 28.1. The zero-order valence-corrected chi connectivity index (χ0v) is 43.4. The summed E-state index contributed by atoms with van der Waals surface area (Å²) >= 11 is 0. The molecule has 0 aromatic rings. The monoisotopic (exact) mass is 891 g/mol. The van der Waals surface area contributed by atoms with Gasteiger partial charge in [-0.1, -0.05) is 273 Å². The third kappa shape index (κ3) is 49.7. The molecule has 0 fully saturated rings. The quantitative estimate of drug-likeness (QED) is 0.0344. The number of unbranched alkanes of at least 4 members (excludes halogenated alkanes) is 32. The molecule has 0 amide bonds.